The van der Waals surface area contributed by atoms with E-state index in [1.165, 1.54) is 0 Å². The summed E-state index contributed by atoms with van der Waals surface area (Å²) >= 11 is 1.13. The van der Waals surface area contributed by atoms with Crippen LogP contribution < -0.4 is 16.2 Å². The number of thioether (sulfide) groups is 1. The Morgan fingerprint density at radius 3 is 2.60 bits per heavy atom. The summed E-state index contributed by atoms with van der Waals surface area (Å²) in [6.45, 7) is 10.3. The standard InChI is InChI=1S/C21H30N4O4S/c1-14(2)29-12-8-11-25-18(27)15-9-6-7-10-16(15)22-20(25)30-13-17(26)23-19(28)24-21(3,4)5/h6-7,9-10,14H,8,11-13H2,1-5H3,(H2,23,24,26,28). The summed E-state index contributed by atoms with van der Waals surface area (Å²) in [5.41, 5.74) is -0.0280. The Morgan fingerprint density at radius 1 is 1.23 bits per heavy atom. The minimum atomic E-state index is -0.553. The van der Waals surface area contributed by atoms with Crippen molar-refractivity contribution in [3.8, 4) is 0 Å². The van der Waals surface area contributed by atoms with Crippen LogP contribution in [-0.4, -0.2) is 45.5 Å². The van der Waals surface area contributed by atoms with Crippen molar-refractivity contribution in [1.29, 1.82) is 0 Å². The molecule has 164 valence electrons. The number of ether oxygens (including phenoxy) is 1. The topological polar surface area (TPSA) is 102 Å². The van der Waals surface area contributed by atoms with Crippen LogP contribution in [-0.2, 0) is 16.1 Å². The quantitative estimate of drug-likeness (QED) is 0.376. The Kier molecular flexibility index (Phi) is 8.43. The summed E-state index contributed by atoms with van der Waals surface area (Å²) in [5, 5.41) is 5.94. The molecule has 0 unspecified atom stereocenters. The number of nitrogens with one attached hydrogen (secondary N) is 2. The second-order valence-corrected chi connectivity index (χ2v) is 9.12. The number of hydrogen-bond acceptors (Lipinski definition) is 6. The minimum Gasteiger partial charge on any atom is -0.379 e. The van der Waals surface area contributed by atoms with Crippen molar-refractivity contribution in [3.63, 3.8) is 0 Å². The van der Waals surface area contributed by atoms with E-state index in [4.69, 9.17) is 4.74 Å². The van der Waals surface area contributed by atoms with Gasteiger partial charge in [0.2, 0.25) is 5.91 Å². The molecular formula is C21H30N4O4S. The number of carbonyl (C=O) groups is 2. The van der Waals surface area contributed by atoms with Crippen molar-refractivity contribution in [2.45, 2.75) is 64.4 Å². The fraction of sp³-hybridized carbons (Fsp3) is 0.524. The Labute approximate surface area is 180 Å². The molecule has 0 aliphatic heterocycles. The van der Waals surface area contributed by atoms with Gasteiger partial charge in [-0.05, 0) is 53.2 Å². The van der Waals surface area contributed by atoms with Crippen LogP contribution in [0.1, 0.15) is 41.0 Å². The highest BCUT2D eigenvalue weighted by molar-refractivity contribution is 7.99. The van der Waals surface area contributed by atoms with Crippen LogP contribution in [0.5, 0.6) is 0 Å². The number of para-hydroxylation sites is 1. The van der Waals surface area contributed by atoms with Gasteiger partial charge in [-0.25, -0.2) is 9.78 Å². The maximum absolute atomic E-state index is 13.0. The third-order valence-corrected chi connectivity index (χ3v) is 4.85. The van der Waals surface area contributed by atoms with E-state index in [2.05, 4.69) is 15.6 Å². The number of nitrogens with zero attached hydrogens (tertiary/aromatic N) is 2. The molecule has 9 heteroatoms. The molecule has 30 heavy (non-hydrogen) atoms. The van der Waals surface area contributed by atoms with Crippen molar-refractivity contribution in [3.05, 3.63) is 34.6 Å². The van der Waals surface area contributed by atoms with Gasteiger partial charge in [-0.3, -0.25) is 19.5 Å². The highest BCUT2D eigenvalue weighted by Gasteiger charge is 2.17. The maximum Gasteiger partial charge on any atom is 0.321 e. The number of aromatic nitrogens is 2. The number of carbonyl (C=O) groups excluding carboxylic acids is 2. The number of rotatable bonds is 8. The Morgan fingerprint density at radius 2 is 1.93 bits per heavy atom. The SMILES string of the molecule is CC(C)OCCCn1c(SCC(=O)NC(=O)NC(C)(C)C)nc2ccccc2c1=O. The second kappa shape index (κ2) is 10.6. The number of amides is 3. The van der Waals surface area contributed by atoms with Gasteiger partial charge in [0.05, 0.1) is 22.8 Å². The first-order valence-electron chi connectivity index (χ1n) is 9.93. The van der Waals surface area contributed by atoms with Crippen molar-refractivity contribution in [2.24, 2.45) is 0 Å². The zero-order valence-corrected chi connectivity index (χ0v) is 19.0. The molecule has 0 atom stereocenters. The van der Waals surface area contributed by atoms with E-state index in [1.807, 2.05) is 40.7 Å². The lowest BCUT2D eigenvalue weighted by atomic mass is 10.1. The number of urea groups is 1. The lowest BCUT2D eigenvalue weighted by Gasteiger charge is -2.20. The Hall–Kier alpha value is -2.39. The lowest BCUT2D eigenvalue weighted by Crippen LogP contribution is -2.48. The molecule has 2 aromatic rings. The largest absolute Gasteiger partial charge is 0.379 e. The number of imide groups is 1. The normalized spacial score (nSPS) is 11.7. The van der Waals surface area contributed by atoms with Gasteiger partial charge in [-0.15, -0.1) is 0 Å². The maximum atomic E-state index is 13.0. The predicted molar refractivity (Wildman–Crippen MR) is 119 cm³/mol. The summed E-state index contributed by atoms with van der Waals surface area (Å²) in [4.78, 5) is 41.6. The monoisotopic (exact) mass is 434 g/mol. The molecule has 1 aromatic carbocycles. The summed E-state index contributed by atoms with van der Waals surface area (Å²) < 4.78 is 7.13. The molecule has 0 bridgehead atoms. The zero-order chi connectivity index (χ0) is 22.3. The predicted octanol–water partition coefficient (Wildman–Crippen LogP) is 2.93. The molecule has 8 nitrogen and oxygen atoms in total. The van der Waals surface area contributed by atoms with Gasteiger partial charge in [-0.2, -0.15) is 0 Å². The molecular weight excluding hydrogens is 404 g/mol. The Bertz CT molecular complexity index is 950. The number of fused-ring (bicyclic) bond motifs is 1. The van der Waals surface area contributed by atoms with E-state index < -0.39 is 17.5 Å². The van der Waals surface area contributed by atoms with Crippen LogP contribution in [0.15, 0.2) is 34.2 Å². The fourth-order valence-corrected chi connectivity index (χ4v) is 3.49. The molecule has 2 N–H and O–H groups in total. The first-order chi connectivity index (χ1) is 14.1. The molecule has 0 aliphatic carbocycles. The van der Waals surface area contributed by atoms with E-state index in [9.17, 15) is 14.4 Å². The van der Waals surface area contributed by atoms with Crippen LogP contribution >= 0.6 is 11.8 Å². The molecule has 1 aromatic heterocycles. The summed E-state index contributed by atoms with van der Waals surface area (Å²) in [5.74, 6) is -0.496. The van der Waals surface area contributed by atoms with E-state index in [-0.39, 0.29) is 17.4 Å². The van der Waals surface area contributed by atoms with Crippen LogP contribution in [0.4, 0.5) is 4.79 Å². The number of hydrogen-bond donors (Lipinski definition) is 2. The lowest BCUT2D eigenvalue weighted by molar-refractivity contribution is -0.117. The van der Waals surface area contributed by atoms with E-state index in [0.29, 0.717) is 35.6 Å². The molecule has 1 heterocycles. The summed E-state index contributed by atoms with van der Waals surface area (Å²) in [7, 11) is 0. The number of benzene rings is 1. The fourth-order valence-electron chi connectivity index (χ4n) is 2.66. The van der Waals surface area contributed by atoms with Crippen molar-refractivity contribution >= 4 is 34.6 Å². The van der Waals surface area contributed by atoms with E-state index >= 15 is 0 Å². The van der Waals surface area contributed by atoms with E-state index in [1.54, 1.807) is 22.8 Å². The third kappa shape index (κ3) is 7.46. The molecule has 0 fully saturated rings. The minimum absolute atomic E-state index is 0.0369. The average molecular weight is 435 g/mol. The first kappa shape index (κ1) is 23.9. The van der Waals surface area contributed by atoms with Gasteiger partial charge in [0.1, 0.15) is 0 Å². The van der Waals surface area contributed by atoms with Gasteiger partial charge in [-0.1, -0.05) is 23.9 Å². The highest BCUT2D eigenvalue weighted by Crippen LogP contribution is 2.18. The summed E-state index contributed by atoms with van der Waals surface area (Å²) in [6.07, 6.45) is 0.763. The highest BCUT2D eigenvalue weighted by atomic mass is 32.2. The smallest absolute Gasteiger partial charge is 0.321 e. The van der Waals surface area contributed by atoms with Gasteiger partial charge >= 0.3 is 6.03 Å². The molecule has 0 aliphatic rings. The average Bonchev–Trinajstić information content (AvgIpc) is 2.63. The van der Waals surface area contributed by atoms with Crippen molar-refractivity contribution in [1.82, 2.24) is 20.2 Å². The van der Waals surface area contributed by atoms with Crippen LogP contribution in [0.25, 0.3) is 10.9 Å². The third-order valence-electron chi connectivity index (χ3n) is 3.88. The molecule has 2 rings (SSSR count). The van der Waals surface area contributed by atoms with Crippen LogP contribution in [0.3, 0.4) is 0 Å². The second-order valence-electron chi connectivity index (χ2n) is 8.18. The first-order valence-corrected chi connectivity index (χ1v) is 10.9. The summed E-state index contributed by atoms with van der Waals surface area (Å²) in [6, 6.07) is 6.57. The zero-order valence-electron chi connectivity index (χ0n) is 18.2. The molecule has 0 saturated carbocycles. The van der Waals surface area contributed by atoms with Gasteiger partial charge in [0.25, 0.3) is 5.56 Å². The van der Waals surface area contributed by atoms with Crippen LogP contribution in [0.2, 0.25) is 0 Å². The molecule has 0 spiro atoms. The van der Waals surface area contributed by atoms with Gasteiger partial charge in [0.15, 0.2) is 5.16 Å². The van der Waals surface area contributed by atoms with Gasteiger partial charge in [0, 0.05) is 18.7 Å². The molecule has 0 radical (unpaired) electrons. The van der Waals surface area contributed by atoms with Gasteiger partial charge < -0.3 is 10.1 Å². The molecule has 0 saturated heterocycles. The van der Waals surface area contributed by atoms with Crippen LogP contribution in [0, 0.1) is 0 Å². The van der Waals surface area contributed by atoms with Crippen molar-refractivity contribution in [2.75, 3.05) is 12.4 Å². The van der Waals surface area contributed by atoms with E-state index in [0.717, 1.165) is 11.8 Å². The Balaban J connectivity index is 2.13. The van der Waals surface area contributed by atoms with Crippen molar-refractivity contribution < 1.29 is 14.3 Å². The molecule has 3 amide bonds.